The smallest absolute Gasteiger partial charge is 0.142 e. The van der Waals surface area contributed by atoms with Gasteiger partial charge in [0, 0.05) is 44.3 Å². The molecule has 0 aromatic heterocycles. The van der Waals surface area contributed by atoms with Gasteiger partial charge in [0.2, 0.25) is 0 Å². The summed E-state index contributed by atoms with van der Waals surface area (Å²) >= 11 is 0. The van der Waals surface area contributed by atoms with Crippen molar-refractivity contribution in [1.82, 2.24) is 0 Å². The minimum atomic E-state index is -0.836. The largest absolute Gasteiger partial charge is 0.376 e. The summed E-state index contributed by atoms with van der Waals surface area (Å²) in [5.41, 5.74) is -1.45. The van der Waals surface area contributed by atoms with Gasteiger partial charge < -0.3 is 9.47 Å². The molecule has 0 aromatic carbocycles. The van der Waals surface area contributed by atoms with Crippen LogP contribution in [0.5, 0.6) is 0 Å². The minimum absolute atomic E-state index is 0.499. The lowest BCUT2D eigenvalue weighted by molar-refractivity contribution is 0.0327. The zero-order chi connectivity index (χ0) is 21.6. The Labute approximate surface area is 191 Å². The van der Waals surface area contributed by atoms with Crippen LogP contribution in [0.15, 0.2) is 0 Å². The highest BCUT2D eigenvalue weighted by atomic mass is 16.5. The van der Waals surface area contributed by atoms with E-state index in [0.29, 0.717) is 6.42 Å². The second-order valence-electron chi connectivity index (χ2n) is 7.34. The molecule has 0 amide bonds. The Balaban J connectivity index is 1.53. The molecule has 2 nitrogen and oxygen atoms in total. The SMILES string of the molecule is COC(C#CC#CCC(OC)([C]1[CH][CH][CH][CH]1)[C]1[CH][CH][CH][CH]1)([C]1[CH][CH][CH][CH]1)[C]1[CH][CH][CH][CH]1. The third-order valence-corrected chi connectivity index (χ3v) is 5.78. The van der Waals surface area contributed by atoms with Gasteiger partial charge in [-0.25, -0.2) is 0 Å². The normalized spacial score (nSPS) is 24.3. The van der Waals surface area contributed by atoms with Crippen molar-refractivity contribution in [1.29, 1.82) is 0 Å². The first-order chi connectivity index (χ1) is 15.2. The van der Waals surface area contributed by atoms with Gasteiger partial charge in [0.1, 0.15) is 5.60 Å². The molecule has 4 saturated carbocycles. The number of rotatable bonds is 7. The summed E-state index contributed by atoms with van der Waals surface area (Å²) in [6, 6.07) is 0. The third-order valence-electron chi connectivity index (χ3n) is 5.78. The molecular formula is C29H24O2. The minimum Gasteiger partial charge on any atom is -0.376 e. The molecule has 0 unspecified atom stereocenters. The highest BCUT2D eigenvalue weighted by molar-refractivity contribution is 5.59. The molecule has 20 radical (unpaired) electrons. The molecule has 0 aliphatic heterocycles. The molecule has 0 N–H and O–H groups in total. The Morgan fingerprint density at radius 3 is 1.39 bits per heavy atom. The Morgan fingerprint density at radius 2 is 1.00 bits per heavy atom. The van der Waals surface area contributed by atoms with Crippen molar-refractivity contribution < 1.29 is 9.47 Å². The molecule has 0 spiro atoms. The number of ether oxygens (including phenoxy) is 2. The van der Waals surface area contributed by atoms with Crippen molar-refractivity contribution in [2.24, 2.45) is 0 Å². The van der Waals surface area contributed by atoms with Crippen LogP contribution in [0.4, 0.5) is 0 Å². The molecule has 2 heteroatoms. The van der Waals surface area contributed by atoms with E-state index >= 15 is 0 Å². The molecule has 4 rings (SSSR count). The molecule has 0 heterocycles. The molecule has 4 aliphatic carbocycles. The lowest BCUT2D eigenvalue weighted by Gasteiger charge is -2.40. The van der Waals surface area contributed by atoms with Gasteiger partial charge in [0.05, 0.1) is 5.60 Å². The van der Waals surface area contributed by atoms with Crippen molar-refractivity contribution in [2.75, 3.05) is 14.2 Å². The summed E-state index contributed by atoms with van der Waals surface area (Å²) in [4.78, 5) is 0. The predicted octanol–water partition coefficient (Wildman–Crippen LogP) is 3.77. The quantitative estimate of drug-likeness (QED) is 0.602. The zero-order valence-electron chi connectivity index (χ0n) is 17.8. The second-order valence-corrected chi connectivity index (χ2v) is 7.34. The standard InChI is InChI=1S/C29H24O2/c1-30-28(24-14-4-5-15-24,25-16-6-7-17-25)22-12-3-13-23-29(31-2,26-18-8-9-19-26)27-20-10-11-21-27/h4-11,14-21H,22H2,1-2H3. The predicted molar refractivity (Wildman–Crippen MR) is 121 cm³/mol. The van der Waals surface area contributed by atoms with E-state index in [1.165, 1.54) is 0 Å². The molecule has 0 atom stereocenters. The van der Waals surface area contributed by atoms with E-state index < -0.39 is 11.2 Å². The van der Waals surface area contributed by atoms with Crippen LogP contribution in [0.2, 0.25) is 0 Å². The Kier molecular flexibility index (Phi) is 8.06. The van der Waals surface area contributed by atoms with E-state index in [1.807, 2.05) is 77.0 Å². The highest BCUT2D eigenvalue weighted by Crippen LogP contribution is 2.49. The molecule has 0 saturated heterocycles. The van der Waals surface area contributed by atoms with E-state index in [4.69, 9.17) is 9.47 Å². The van der Waals surface area contributed by atoms with Crippen molar-refractivity contribution in [3.8, 4) is 23.7 Å². The van der Waals surface area contributed by atoms with Crippen molar-refractivity contribution in [2.45, 2.75) is 17.6 Å². The van der Waals surface area contributed by atoms with E-state index in [9.17, 15) is 0 Å². The van der Waals surface area contributed by atoms with E-state index in [1.54, 1.807) is 14.2 Å². The summed E-state index contributed by atoms with van der Waals surface area (Å²) in [7, 11) is 3.41. The summed E-state index contributed by atoms with van der Waals surface area (Å²) < 4.78 is 12.0. The van der Waals surface area contributed by atoms with Gasteiger partial charge >= 0.3 is 0 Å². The van der Waals surface area contributed by atoms with Crippen LogP contribution in [0.3, 0.4) is 0 Å². The Morgan fingerprint density at radius 1 is 0.581 bits per heavy atom. The van der Waals surface area contributed by atoms with Crippen LogP contribution in [-0.2, 0) is 9.47 Å². The van der Waals surface area contributed by atoms with Gasteiger partial charge in [-0.2, -0.15) is 0 Å². The van der Waals surface area contributed by atoms with Crippen LogP contribution in [0.1, 0.15) is 6.42 Å². The maximum atomic E-state index is 6.04. The Bertz CT molecular complexity index is 646. The maximum Gasteiger partial charge on any atom is 0.142 e. The van der Waals surface area contributed by atoms with E-state index in [-0.39, 0.29) is 0 Å². The summed E-state index contributed by atoms with van der Waals surface area (Å²) in [5, 5.41) is 0. The first kappa shape index (κ1) is 23.2. The molecule has 152 valence electrons. The van der Waals surface area contributed by atoms with Gasteiger partial charge in [-0.15, -0.1) is 0 Å². The molecule has 4 aliphatic rings. The lowest BCUT2D eigenvalue weighted by atomic mass is 9.72. The molecular weight excluding hydrogens is 380 g/mol. The fourth-order valence-electron chi connectivity index (χ4n) is 4.11. The summed E-state index contributed by atoms with van der Waals surface area (Å²) in [6.07, 6.45) is 33.0. The average Bonchev–Trinajstić information content (AvgIpc) is 3.62. The van der Waals surface area contributed by atoms with Crippen LogP contribution >= 0.6 is 0 Å². The zero-order valence-corrected chi connectivity index (χ0v) is 17.8. The number of methoxy groups -OCH3 is 2. The van der Waals surface area contributed by atoms with Crippen LogP contribution in [0.25, 0.3) is 0 Å². The summed E-state index contributed by atoms with van der Waals surface area (Å²) in [6.45, 7) is 0. The molecule has 4 fully saturated rings. The number of hydrogen-bond donors (Lipinski definition) is 0. The maximum absolute atomic E-state index is 6.04. The first-order valence-corrected chi connectivity index (χ1v) is 10.2. The lowest BCUT2D eigenvalue weighted by Crippen LogP contribution is -2.43. The molecule has 0 bridgehead atoms. The fourth-order valence-corrected chi connectivity index (χ4v) is 4.11. The van der Waals surface area contributed by atoms with Crippen molar-refractivity contribution in [3.05, 3.63) is 126 Å². The van der Waals surface area contributed by atoms with Gasteiger partial charge in [-0.05, 0) is 115 Å². The average molecular weight is 405 g/mol. The first-order valence-electron chi connectivity index (χ1n) is 10.2. The van der Waals surface area contributed by atoms with Crippen LogP contribution in [0, 0.1) is 150 Å². The molecule has 31 heavy (non-hydrogen) atoms. The van der Waals surface area contributed by atoms with Gasteiger partial charge in [0.15, 0.2) is 0 Å². The molecule has 0 aromatic rings. The van der Waals surface area contributed by atoms with E-state index in [2.05, 4.69) is 49.4 Å². The monoisotopic (exact) mass is 404 g/mol. The van der Waals surface area contributed by atoms with Crippen LogP contribution in [-0.4, -0.2) is 25.4 Å². The van der Waals surface area contributed by atoms with Crippen LogP contribution < -0.4 is 0 Å². The van der Waals surface area contributed by atoms with Gasteiger partial charge in [-0.1, -0.05) is 11.8 Å². The third kappa shape index (κ3) is 4.72. The van der Waals surface area contributed by atoms with Crippen molar-refractivity contribution >= 4 is 0 Å². The summed E-state index contributed by atoms with van der Waals surface area (Å²) in [5.74, 6) is 16.8. The second kappa shape index (κ2) is 10.8. The van der Waals surface area contributed by atoms with Crippen molar-refractivity contribution in [3.63, 3.8) is 0 Å². The number of hydrogen-bond acceptors (Lipinski definition) is 2. The van der Waals surface area contributed by atoms with Gasteiger partial charge in [0.25, 0.3) is 0 Å². The highest BCUT2D eigenvalue weighted by Gasteiger charge is 2.49. The Hall–Kier alpha value is -0.960. The topological polar surface area (TPSA) is 18.5 Å². The fraction of sp³-hybridized carbons (Fsp3) is 0.172. The van der Waals surface area contributed by atoms with E-state index in [0.717, 1.165) is 23.7 Å². The van der Waals surface area contributed by atoms with Gasteiger partial charge in [-0.3, -0.25) is 0 Å².